The lowest BCUT2D eigenvalue weighted by molar-refractivity contribution is 0.346. The van der Waals surface area contributed by atoms with Gasteiger partial charge in [-0.15, -0.1) is 0 Å². The Kier molecular flexibility index (Phi) is 3.48. The summed E-state index contributed by atoms with van der Waals surface area (Å²) in [5.74, 6) is -0.0271. The molecule has 0 saturated heterocycles. The molecule has 1 atom stereocenters. The predicted molar refractivity (Wildman–Crippen MR) is 93.2 cm³/mol. The van der Waals surface area contributed by atoms with Gasteiger partial charge < -0.3 is 14.9 Å². The zero-order chi connectivity index (χ0) is 17.6. The van der Waals surface area contributed by atoms with Crippen molar-refractivity contribution in [3.63, 3.8) is 0 Å². The highest BCUT2D eigenvalue weighted by atomic mass is 35.5. The van der Waals surface area contributed by atoms with E-state index in [1.807, 2.05) is 0 Å². The molecule has 0 aliphatic carbocycles. The summed E-state index contributed by atoms with van der Waals surface area (Å²) >= 11 is 5.95. The number of halogens is 1. The van der Waals surface area contributed by atoms with Gasteiger partial charge in [-0.25, -0.2) is 4.79 Å². The highest BCUT2D eigenvalue weighted by Gasteiger charge is 2.34. The molecule has 4 rings (SSSR count). The van der Waals surface area contributed by atoms with E-state index in [2.05, 4.69) is 6.07 Å². The number of rotatable bonds is 1. The first-order valence-corrected chi connectivity index (χ1v) is 7.86. The number of hydrogen-bond donors (Lipinski definition) is 1. The minimum absolute atomic E-state index is 0.00560. The van der Waals surface area contributed by atoms with Gasteiger partial charge >= 0.3 is 5.63 Å². The summed E-state index contributed by atoms with van der Waals surface area (Å²) in [6.07, 6.45) is 0. The first-order chi connectivity index (χ1) is 12.1. The molecule has 0 saturated carbocycles. The van der Waals surface area contributed by atoms with Crippen LogP contribution in [-0.2, 0) is 0 Å². The summed E-state index contributed by atoms with van der Waals surface area (Å²) in [5, 5.41) is 11.1. The molecule has 0 spiro atoms. The molecule has 0 fully saturated rings. The number of nitrogens with two attached hydrogens (primary N) is 1. The molecule has 6 heteroatoms. The van der Waals surface area contributed by atoms with Gasteiger partial charge in [0, 0.05) is 10.4 Å². The minimum atomic E-state index is -0.636. The molecular formula is C19H11ClN2O3. The summed E-state index contributed by atoms with van der Waals surface area (Å²) in [6.45, 7) is 0. The van der Waals surface area contributed by atoms with Crippen LogP contribution in [0.1, 0.15) is 17.2 Å². The SMILES string of the molecule is N#CC1=C(N)Oc2c(oc(=O)c3ccccc23)[C@@H]1c1ccc(Cl)cc1. The third-order valence-electron chi connectivity index (χ3n) is 4.17. The summed E-state index contributed by atoms with van der Waals surface area (Å²) in [4.78, 5) is 12.4. The maximum atomic E-state index is 12.4. The summed E-state index contributed by atoms with van der Waals surface area (Å²) in [7, 11) is 0. The zero-order valence-corrected chi connectivity index (χ0v) is 13.6. The van der Waals surface area contributed by atoms with E-state index in [1.165, 1.54) is 0 Å². The van der Waals surface area contributed by atoms with Crippen LogP contribution in [0.15, 0.2) is 69.2 Å². The Morgan fingerprint density at radius 1 is 1.08 bits per heavy atom. The second kappa shape index (κ2) is 5.69. The third kappa shape index (κ3) is 2.35. The lowest BCUT2D eigenvalue weighted by Crippen LogP contribution is -2.23. The normalized spacial score (nSPS) is 16.2. The van der Waals surface area contributed by atoms with Crippen LogP contribution in [-0.4, -0.2) is 0 Å². The molecule has 1 aliphatic rings. The van der Waals surface area contributed by atoms with Crippen LogP contribution in [0.3, 0.4) is 0 Å². The molecule has 0 unspecified atom stereocenters. The molecule has 2 N–H and O–H groups in total. The van der Waals surface area contributed by atoms with Crippen molar-refractivity contribution in [2.45, 2.75) is 5.92 Å². The number of nitriles is 1. The average molecular weight is 351 g/mol. The van der Waals surface area contributed by atoms with Gasteiger partial charge in [0.1, 0.15) is 11.6 Å². The number of nitrogens with zero attached hydrogens (tertiary/aromatic N) is 1. The van der Waals surface area contributed by atoms with Crippen molar-refractivity contribution in [2.75, 3.05) is 0 Å². The van der Waals surface area contributed by atoms with Gasteiger partial charge in [-0.1, -0.05) is 41.9 Å². The molecule has 0 radical (unpaired) electrons. The lowest BCUT2D eigenvalue weighted by atomic mass is 9.87. The van der Waals surface area contributed by atoms with E-state index in [0.29, 0.717) is 21.5 Å². The Labute approximate surface area is 147 Å². The van der Waals surface area contributed by atoms with Crippen molar-refractivity contribution < 1.29 is 9.15 Å². The summed E-state index contributed by atoms with van der Waals surface area (Å²) < 4.78 is 11.2. The van der Waals surface area contributed by atoms with Crippen LogP contribution in [0.5, 0.6) is 5.75 Å². The van der Waals surface area contributed by atoms with Gasteiger partial charge in [0.25, 0.3) is 0 Å². The topological polar surface area (TPSA) is 89.2 Å². The van der Waals surface area contributed by atoms with Gasteiger partial charge in [-0.3, -0.25) is 0 Å². The highest BCUT2D eigenvalue weighted by Crippen LogP contribution is 2.44. The largest absolute Gasteiger partial charge is 0.436 e. The number of ether oxygens (including phenoxy) is 1. The van der Waals surface area contributed by atoms with E-state index < -0.39 is 11.5 Å². The Balaban J connectivity index is 2.06. The number of allylic oxidation sites excluding steroid dienone is 1. The van der Waals surface area contributed by atoms with Gasteiger partial charge in [0.05, 0.1) is 11.3 Å². The third-order valence-corrected chi connectivity index (χ3v) is 4.42. The predicted octanol–water partition coefficient (Wildman–Crippen LogP) is 3.66. The Hall–Kier alpha value is -3.23. The molecule has 122 valence electrons. The Bertz CT molecular complexity index is 1120. The standard InChI is InChI=1S/C19H11ClN2O3/c20-11-7-5-10(6-8-11)15-14(9-21)18(22)24-16-12-3-1-2-4-13(12)19(23)25-17(15)16/h1-8,15H,22H2/t15-/m1/s1. The van der Waals surface area contributed by atoms with Crippen molar-refractivity contribution in [1.82, 2.24) is 0 Å². The molecule has 5 nitrogen and oxygen atoms in total. The second-order valence-corrected chi connectivity index (χ2v) is 6.04. The second-order valence-electron chi connectivity index (χ2n) is 5.60. The molecule has 0 bridgehead atoms. The monoisotopic (exact) mass is 350 g/mol. The Morgan fingerprint density at radius 3 is 2.44 bits per heavy atom. The van der Waals surface area contributed by atoms with E-state index in [-0.39, 0.29) is 17.2 Å². The molecule has 1 aliphatic heterocycles. The zero-order valence-electron chi connectivity index (χ0n) is 12.8. The van der Waals surface area contributed by atoms with Crippen molar-refractivity contribution in [2.24, 2.45) is 5.73 Å². The van der Waals surface area contributed by atoms with Crippen LogP contribution in [0, 0.1) is 11.3 Å². The smallest absolute Gasteiger partial charge is 0.344 e. The van der Waals surface area contributed by atoms with E-state index in [1.54, 1.807) is 48.5 Å². The van der Waals surface area contributed by atoms with Crippen LogP contribution >= 0.6 is 11.6 Å². The van der Waals surface area contributed by atoms with Gasteiger partial charge in [0.15, 0.2) is 11.5 Å². The van der Waals surface area contributed by atoms with Crippen molar-refractivity contribution in [3.8, 4) is 11.8 Å². The fraction of sp³-hybridized carbons (Fsp3) is 0.0526. The fourth-order valence-corrected chi connectivity index (χ4v) is 3.15. The van der Waals surface area contributed by atoms with Gasteiger partial charge in [-0.05, 0) is 23.8 Å². The first-order valence-electron chi connectivity index (χ1n) is 7.49. The maximum Gasteiger partial charge on any atom is 0.344 e. The van der Waals surface area contributed by atoms with Crippen LogP contribution in [0.4, 0.5) is 0 Å². The van der Waals surface area contributed by atoms with Crippen molar-refractivity contribution in [1.29, 1.82) is 5.26 Å². The van der Waals surface area contributed by atoms with E-state index in [9.17, 15) is 10.1 Å². The number of benzene rings is 2. The summed E-state index contributed by atoms with van der Waals surface area (Å²) in [5.41, 5.74) is 6.41. The summed E-state index contributed by atoms with van der Waals surface area (Å²) in [6, 6.07) is 15.9. The molecule has 3 aromatic rings. The van der Waals surface area contributed by atoms with Gasteiger partial charge in [0.2, 0.25) is 5.88 Å². The highest BCUT2D eigenvalue weighted by molar-refractivity contribution is 6.30. The molecule has 25 heavy (non-hydrogen) atoms. The average Bonchev–Trinajstić information content (AvgIpc) is 2.63. The van der Waals surface area contributed by atoms with Crippen molar-refractivity contribution >= 4 is 22.4 Å². The Morgan fingerprint density at radius 2 is 1.76 bits per heavy atom. The maximum absolute atomic E-state index is 12.4. The quantitative estimate of drug-likeness (QED) is 0.723. The van der Waals surface area contributed by atoms with Crippen molar-refractivity contribution in [3.05, 3.63) is 86.8 Å². The first kappa shape index (κ1) is 15.3. The van der Waals surface area contributed by atoms with Crippen LogP contribution in [0.2, 0.25) is 5.02 Å². The van der Waals surface area contributed by atoms with E-state index in [4.69, 9.17) is 26.5 Å². The van der Waals surface area contributed by atoms with Crippen LogP contribution < -0.4 is 16.1 Å². The lowest BCUT2D eigenvalue weighted by Gasteiger charge is -2.25. The molecule has 2 aromatic carbocycles. The minimum Gasteiger partial charge on any atom is -0.436 e. The molecule has 2 heterocycles. The molecule has 0 amide bonds. The van der Waals surface area contributed by atoms with E-state index in [0.717, 1.165) is 5.56 Å². The van der Waals surface area contributed by atoms with Crippen LogP contribution in [0.25, 0.3) is 10.8 Å². The number of hydrogen-bond acceptors (Lipinski definition) is 5. The number of fused-ring (bicyclic) bond motifs is 3. The van der Waals surface area contributed by atoms with Gasteiger partial charge in [-0.2, -0.15) is 5.26 Å². The molecular weight excluding hydrogens is 340 g/mol. The fourth-order valence-electron chi connectivity index (χ4n) is 3.02. The van der Waals surface area contributed by atoms with E-state index >= 15 is 0 Å². The molecule has 1 aromatic heterocycles.